The van der Waals surface area contributed by atoms with E-state index in [1.54, 1.807) is 16.8 Å². The Balaban J connectivity index is 0.00000153. The summed E-state index contributed by atoms with van der Waals surface area (Å²) in [5, 5.41) is 10.1. The Morgan fingerprint density at radius 1 is 1.24 bits per heavy atom. The fourth-order valence-corrected chi connectivity index (χ4v) is 4.50. The van der Waals surface area contributed by atoms with Gasteiger partial charge in [0, 0.05) is 36.0 Å². The van der Waals surface area contributed by atoms with Crippen LogP contribution in [0.2, 0.25) is 0 Å². The first-order valence-electron chi connectivity index (χ1n) is 12.3. The maximum absolute atomic E-state index is 13.0. The van der Waals surface area contributed by atoms with Crippen molar-refractivity contribution >= 4 is 23.2 Å². The van der Waals surface area contributed by atoms with Crippen LogP contribution in [0.3, 0.4) is 0 Å². The maximum atomic E-state index is 13.0. The molecule has 1 aromatic heterocycles. The highest BCUT2D eigenvalue weighted by Gasteiger charge is 2.36. The van der Waals surface area contributed by atoms with E-state index >= 15 is 0 Å². The van der Waals surface area contributed by atoms with E-state index in [2.05, 4.69) is 22.7 Å². The average Bonchev–Trinajstić information content (AvgIpc) is 3.19. The number of hydrogen-bond acceptors (Lipinski definition) is 6. The predicted molar refractivity (Wildman–Crippen MR) is 136 cm³/mol. The van der Waals surface area contributed by atoms with Crippen molar-refractivity contribution in [2.24, 2.45) is 11.8 Å². The highest BCUT2D eigenvalue weighted by molar-refractivity contribution is 7.51. The van der Waals surface area contributed by atoms with Crippen LogP contribution in [0.15, 0.2) is 18.2 Å². The van der Waals surface area contributed by atoms with Crippen LogP contribution in [-0.4, -0.2) is 50.0 Å². The molecule has 1 aliphatic carbocycles. The number of nitrogens with one attached hydrogen (secondary N) is 2. The summed E-state index contributed by atoms with van der Waals surface area (Å²) in [6.45, 7) is 8.26. The number of amides is 1. The summed E-state index contributed by atoms with van der Waals surface area (Å²) in [6.07, 6.45) is 0.280. The van der Waals surface area contributed by atoms with Crippen LogP contribution in [-0.2, 0) is 18.1 Å². The smallest absolute Gasteiger partial charge is 0.408 e. The number of aryl methyl sites for hydroxylation is 1. The zero-order valence-corrected chi connectivity index (χ0v) is 22.6. The van der Waals surface area contributed by atoms with Gasteiger partial charge in [-0.1, -0.05) is 19.8 Å². The molecule has 1 aliphatic rings. The summed E-state index contributed by atoms with van der Waals surface area (Å²) in [6, 6.07) is 3.11. The summed E-state index contributed by atoms with van der Waals surface area (Å²) in [5.41, 5.74) is 2.74. The van der Waals surface area contributed by atoms with E-state index in [-0.39, 0.29) is 5.91 Å². The fraction of sp³-hybridized carbons (Fsp3) is 0.600. The number of alkyl halides is 3. The lowest BCUT2D eigenvalue weighted by Gasteiger charge is -2.26. The Bertz CT molecular complexity index is 1090. The van der Waals surface area contributed by atoms with Crippen LogP contribution >= 0.6 is 0 Å². The quantitative estimate of drug-likeness (QED) is 0.478. The van der Waals surface area contributed by atoms with Gasteiger partial charge in [0.1, 0.15) is 11.8 Å². The van der Waals surface area contributed by atoms with Gasteiger partial charge in [0.25, 0.3) is 5.91 Å². The lowest BCUT2D eigenvalue weighted by Crippen LogP contribution is -2.33. The van der Waals surface area contributed by atoms with E-state index in [0.717, 1.165) is 25.7 Å². The van der Waals surface area contributed by atoms with Crippen LogP contribution in [0, 0.1) is 18.8 Å². The van der Waals surface area contributed by atoms with Crippen LogP contribution < -0.4 is 15.4 Å². The molecule has 12 heteroatoms. The molecule has 0 aliphatic heterocycles. The van der Waals surface area contributed by atoms with Gasteiger partial charge in [0.15, 0.2) is 5.69 Å². The monoisotopic (exact) mass is 544 g/mol. The molecule has 1 heterocycles. The second-order valence-electron chi connectivity index (χ2n) is 9.36. The topological polar surface area (TPSA) is 102 Å². The lowest BCUT2D eigenvalue weighted by atomic mass is 9.83. The number of rotatable bonds is 8. The summed E-state index contributed by atoms with van der Waals surface area (Å²) in [4.78, 5) is 13.0. The first-order chi connectivity index (χ1) is 17.5. The Kier molecular flexibility index (Phi) is 11.1. The first kappa shape index (κ1) is 30.3. The van der Waals surface area contributed by atoms with Crippen molar-refractivity contribution in [2.45, 2.75) is 72.1 Å². The SMILES string of the molecule is CCn1nc(C(=O)NCC2CCC(C)CC2)c(C)c1-c1ccc(N[C@H](C)C(F)(F)F)cc1OC.O=S=O. The Labute approximate surface area is 218 Å². The Morgan fingerprint density at radius 2 is 1.86 bits per heavy atom. The third kappa shape index (κ3) is 8.05. The average molecular weight is 545 g/mol. The highest BCUT2D eigenvalue weighted by Crippen LogP contribution is 2.36. The molecule has 0 saturated heterocycles. The summed E-state index contributed by atoms with van der Waals surface area (Å²) in [7, 11) is 1.47. The maximum Gasteiger partial charge on any atom is 0.408 e. The van der Waals surface area contributed by atoms with Gasteiger partial charge in [-0.05, 0) is 57.6 Å². The molecule has 1 amide bonds. The van der Waals surface area contributed by atoms with Crippen molar-refractivity contribution in [1.82, 2.24) is 15.1 Å². The molecule has 1 saturated carbocycles. The minimum absolute atomic E-state index is 0.208. The lowest BCUT2D eigenvalue weighted by molar-refractivity contribution is -0.138. The van der Waals surface area contributed by atoms with Crippen LogP contribution in [0.5, 0.6) is 5.75 Å². The molecule has 0 unspecified atom stereocenters. The Morgan fingerprint density at radius 3 is 2.41 bits per heavy atom. The molecule has 1 fully saturated rings. The molecule has 1 aromatic carbocycles. The normalized spacial score (nSPS) is 18.3. The zero-order chi connectivity index (χ0) is 27.8. The van der Waals surface area contributed by atoms with Crippen LogP contribution in [0.4, 0.5) is 18.9 Å². The largest absolute Gasteiger partial charge is 0.496 e. The molecule has 206 valence electrons. The zero-order valence-electron chi connectivity index (χ0n) is 21.8. The van der Waals surface area contributed by atoms with E-state index in [1.807, 2.05) is 13.8 Å². The van der Waals surface area contributed by atoms with E-state index < -0.39 is 23.8 Å². The minimum atomic E-state index is -4.36. The van der Waals surface area contributed by atoms with Crippen molar-refractivity contribution in [1.29, 1.82) is 0 Å². The standard InChI is InChI=1S/C25H35F3N4O2.O2S/c1-6-32-23(20-12-11-19(13-21(20)34-5)30-17(4)25(26,27)28)16(3)22(31-32)24(33)29-14-18-9-7-15(2)8-10-18;1-3-2/h11-13,15,17-18,30H,6-10,14H2,1-5H3,(H,29,33);/t15?,17-,18?;/m1./s1. The number of halogens is 3. The van der Waals surface area contributed by atoms with Gasteiger partial charge >= 0.3 is 17.7 Å². The number of anilines is 1. The van der Waals surface area contributed by atoms with E-state index in [9.17, 15) is 18.0 Å². The summed E-state index contributed by atoms with van der Waals surface area (Å²) < 4.78 is 62.7. The number of aromatic nitrogens is 2. The van der Waals surface area contributed by atoms with Gasteiger partial charge in [-0.3, -0.25) is 9.48 Å². The number of ether oxygens (including phenoxy) is 1. The third-order valence-corrected chi connectivity index (χ3v) is 6.72. The van der Waals surface area contributed by atoms with Crippen LogP contribution in [0.1, 0.15) is 62.5 Å². The van der Waals surface area contributed by atoms with E-state index in [1.165, 1.54) is 26.0 Å². The molecule has 0 radical (unpaired) electrons. The molecule has 2 N–H and O–H groups in total. The highest BCUT2D eigenvalue weighted by atomic mass is 32.1. The van der Waals surface area contributed by atoms with E-state index in [0.29, 0.717) is 53.0 Å². The fourth-order valence-electron chi connectivity index (χ4n) is 4.50. The third-order valence-electron chi connectivity index (χ3n) is 6.72. The number of methoxy groups -OCH3 is 1. The molecular weight excluding hydrogens is 509 g/mol. The first-order valence-corrected chi connectivity index (χ1v) is 12.9. The van der Waals surface area contributed by atoms with Crippen molar-refractivity contribution in [3.05, 3.63) is 29.5 Å². The van der Waals surface area contributed by atoms with Crippen molar-refractivity contribution in [3.63, 3.8) is 0 Å². The number of carbonyl (C=O) groups is 1. The molecule has 0 spiro atoms. The second-order valence-corrected chi connectivity index (χ2v) is 9.50. The summed E-state index contributed by atoms with van der Waals surface area (Å²) >= 11 is -0.750. The Hall–Kier alpha value is -2.89. The number of hydrogen-bond donors (Lipinski definition) is 2. The van der Waals surface area contributed by atoms with Gasteiger partial charge < -0.3 is 15.4 Å². The van der Waals surface area contributed by atoms with Gasteiger partial charge in [0.2, 0.25) is 0 Å². The van der Waals surface area contributed by atoms with Gasteiger partial charge in [0.05, 0.1) is 12.8 Å². The summed E-state index contributed by atoms with van der Waals surface area (Å²) in [5.74, 6) is 1.44. The molecule has 0 bridgehead atoms. The number of carbonyl (C=O) groups excluding carboxylic acids is 1. The molecule has 2 aromatic rings. The predicted octanol–water partition coefficient (Wildman–Crippen LogP) is 5.14. The molecule has 3 rings (SSSR count). The minimum Gasteiger partial charge on any atom is -0.496 e. The van der Waals surface area contributed by atoms with Crippen molar-refractivity contribution in [3.8, 4) is 17.0 Å². The van der Waals surface area contributed by atoms with Gasteiger partial charge in [-0.15, -0.1) is 0 Å². The van der Waals surface area contributed by atoms with Crippen LogP contribution in [0.25, 0.3) is 11.3 Å². The number of nitrogens with zero attached hydrogens (tertiary/aromatic N) is 2. The second kappa shape index (κ2) is 13.6. The van der Waals surface area contributed by atoms with E-state index in [4.69, 9.17) is 13.2 Å². The molecule has 37 heavy (non-hydrogen) atoms. The van der Waals surface area contributed by atoms with Gasteiger partial charge in [-0.2, -0.15) is 26.7 Å². The van der Waals surface area contributed by atoms with Crippen molar-refractivity contribution < 1.29 is 31.1 Å². The molecular formula is C25H35F3N4O4S. The van der Waals surface area contributed by atoms with Crippen molar-refractivity contribution in [2.75, 3.05) is 19.0 Å². The molecule has 1 atom stereocenters. The van der Waals surface area contributed by atoms with Gasteiger partial charge in [-0.25, -0.2) is 0 Å². The molecule has 8 nitrogen and oxygen atoms in total. The number of benzene rings is 1.